The lowest BCUT2D eigenvalue weighted by Crippen LogP contribution is -2.48. The SMILES string of the molecule is CCOC(=O)CN([C@@H](CC(C)C)C(=O)O)S(=O)(=O)c1ccc(Cn2c(C)nc3c2C=CNC3)cc1. The molecule has 11 heteroatoms. The number of ether oxygens (including phenoxy) is 1. The molecule has 1 aliphatic rings. The number of nitrogens with zero attached hydrogens (tertiary/aromatic N) is 3. The van der Waals surface area contributed by atoms with Gasteiger partial charge in [0.25, 0.3) is 0 Å². The molecule has 1 aromatic heterocycles. The number of imidazole rings is 1. The lowest BCUT2D eigenvalue weighted by molar-refractivity contribution is -0.146. The van der Waals surface area contributed by atoms with E-state index in [1.54, 1.807) is 32.9 Å². The molecule has 0 aliphatic carbocycles. The Bertz CT molecular complexity index is 1200. The highest BCUT2D eigenvalue weighted by Crippen LogP contribution is 2.24. The van der Waals surface area contributed by atoms with E-state index in [1.165, 1.54) is 12.1 Å². The van der Waals surface area contributed by atoms with Crippen molar-refractivity contribution in [2.45, 2.75) is 58.1 Å². The molecule has 0 saturated heterocycles. The van der Waals surface area contributed by atoms with Crippen molar-refractivity contribution in [3.8, 4) is 0 Å². The molecule has 2 aromatic rings. The molecule has 0 bridgehead atoms. The zero-order valence-corrected chi connectivity index (χ0v) is 21.2. The number of hydrogen-bond acceptors (Lipinski definition) is 7. The van der Waals surface area contributed by atoms with Gasteiger partial charge in [-0.15, -0.1) is 0 Å². The average molecular weight is 505 g/mol. The van der Waals surface area contributed by atoms with Gasteiger partial charge >= 0.3 is 11.9 Å². The fraction of sp³-hybridized carbons (Fsp3) is 0.458. The Balaban J connectivity index is 1.91. The van der Waals surface area contributed by atoms with Crippen LogP contribution in [0.2, 0.25) is 0 Å². The molecule has 0 amide bonds. The molecular formula is C24H32N4O6S. The quantitative estimate of drug-likeness (QED) is 0.446. The van der Waals surface area contributed by atoms with E-state index in [9.17, 15) is 23.1 Å². The molecule has 1 aliphatic heterocycles. The summed E-state index contributed by atoms with van der Waals surface area (Å²) in [4.78, 5) is 28.7. The van der Waals surface area contributed by atoms with Crippen LogP contribution < -0.4 is 5.32 Å². The van der Waals surface area contributed by atoms with E-state index in [2.05, 4.69) is 10.3 Å². The van der Waals surface area contributed by atoms with Crippen LogP contribution in [-0.2, 0) is 37.4 Å². The average Bonchev–Trinajstić information content (AvgIpc) is 3.11. The second-order valence-electron chi connectivity index (χ2n) is 8.77. The number of carbonyl (C=O) groups excluding carboxylic acids is 1. The summed E-state index contributed by atoms with van der Waals surface area (Å²) in [6.45, 7) is 7.63. The van der Waals surface area contributed by atoms with E-state index in [1.807, 2.05) is 23.8 Å². The number of carboxylic acids is 1. The van der Waals surface area contributed by atoms with Gasteiger partial charge in [0.15, 0.2) is 0 Å². The Kier molecular flexibility index (Phi) is 8.34. The maximum atomic E-state index is 13.5. The standard InChI is InChI=1S/C24H32N4O6S/c1-5-34-23(29)15-28(22(24(30)31)12-16(2)3)35(32,33)19-8-6-18(7-9-19)14-27-17(4)26-20-13-25-11-10-21(20)27/h6-11,16,22,25H,5,12-15H2,1-4H3,(H,30,31)/t22-/m0/s1. The molecule has 0 spiro atoms. The molecule has 0 unspecified atom stereocenters. The van der Waals surface area contributed by atoms with Gasteiger partial charge in [-0.25, -0.2) is 13.4 Å². The van der Waals surface area contributed by atoms with Crippen molar-refractivity contribution in [2.24, 2.45) is 5.92 Å². The highest BCUT2D eigenvalue weighted by molar-refractivity contribution is 7.89. The first kappa shape index (κ1) is 26.4. The van der Waals surface area contributed by atoms with Crippen LogP contribution in [0.15, 0.2) is 35.4 Å². The molecule has 1 atom stereocenters. The van der Waals surface area contributed by atoms with Crippen LogP contribution in [0, 0.1) is 12.8 Å². The van der Waals surface area contributed by atoms with Crippen LogP contribution in [0.5, 0.6) is 0 Å². The molecule has 35 heavy (non-hydrogen) atoms. The summed E-state index contributed by atoms with van der Waals surface area (Å²) < 4.78 is 34.7. The van der Waals surface area contributed by atoms with Gasteiger partial charge in [-0.1, -0.05) is 26.0 Å². The van der Waals surface area contributed by atoms with E-state index in [0.29, 0.717) is 13.1 Å². The third-order valence-electron chi connectivity index (χ3n) is 5.69. The molecule has 2 N–H and O–H groups in total. The van der Waals surface area contributed by atoms with E-state index in [4.69, 9.17) is 4.74 Å². The summed E-state index contributed by atoms with van der Waals surface area (Å²) in [7, 11) is -4.29. The van der Waals surface area contributed by atoms with Gasteiger partial charge in [0, 0.05) is 6.54 Å². The molecule has 1 aromatic carbocycles. The smallest absolute Gasteiger partial charge is 0.322 e. The van der Waals surface area contributed by atoms with Crippen LogP contribution in [-0.4, -0.2) is 58.5 Å². The van der Waals surface area contributed by atoms with E-state index in [0.717, 1.165) is 27.1 Å². The zero-order chi connectivity index (χ0) is 25.8. The van der Waals surface area contributed by atoms with Crippen molar-refractivity contribution in [2.75, 3.05) is 13.2 Å². The van der Waals surface area contributed by atoms with Crippen LogP contribution in [0.1, 0.15) is 50.0 Å². The Morgan fingerprint density at radius 3 is 2.54 bits per heavy atom. The first-order valence-corrected chi connectivity index (χ1v) is 12.9. The van der Waals surface area contributed by atoms with E-state index >= 15 is 0 Å². The van der Waals surface area contributed by atoms with E-state index < -0.39 is 34.5 Å². The van der Waals surface area contributed by atoms with Crippen LogP contribution in [0.3, 0.4) is 0 Å². The van der Waals surface area contributed by atoms with Crippen LogP contribution in [0.25, 0.3) is 6.08 Å². The van der Waals surface area contributed by atoms with Gasteiger partial charge < -0.3 is 19.7 Å². The minimum absolute atomic E-state index is 0.0550. The number of carboxylic acid groups (broad SMARTS) is 1. The summed E-state index contributed by atoms with van der Waals surface area (Å²) in [6, 6.07) is 4.85. The van der Waals surface area contributed by atoms with E-state index in [-0.39, 0.29) is 23.8 Å². The van der Waals surface area contributed by atoms with Gasteiger partial charge in [0.2, 0.25) is 10.0 Å². The number of hydrogen-bond donors (Lipinski definition) is 2. The third-order valence-corrected chi connectivity index (χ3v) is 7.56. The predicted octanol–water partition coefficient (Wildman–Crippen LogP) is 2.37. The minimum atomic E-state index is -4.29. The van der Waals surface area contributed by atoms with Gasteiger partial charge in [-0.3, -0.25) is 9.59 Å². The number of aromatic nitrogens is 2. The van der Waals surface area contributed by atoms with Crippen molar-refractivity contribution in [3.05, 3.63) is 53.2 Å². The molecule has 0 fully saturated rings. The molecule has 3 rings (SSSR count). The minimum Gasteiger partial charge on any atom is -0.480 e. The van der Waals surface area contributed by atoms with Crippen molar-refractivity contribution >= 4 is 28.0 Å². The molecular weight excluding hydrogens is 472 g/mol. The summed E-state index contributed by atoms with van der Waals surface area (Å²) >= 11 is 0. The number of benzene rings is 1. The lowest BCUT2D eigenvalue weighted by atomic mass is 10.0. The molecule has 0 radical (unpaired) electrons. The normalized spacial score (nSPS) is 14.0. The van der Waals surface area contributed by atoms with Gasteiger partial charge in [-0.2, -0.15) is 4.31 Å². The first-order chi connectivity index (χ1) is 16.5. The van der Waals surface area contributed by atoms with Crippen molar-refractivity contribution in [1.29, 1.82) is 0 Å². The summed E-state index contributed by atoms with van der Waals surface area (Å²) in [6.07, 6.45) is 3.87. The Hall–Kier alpha value is -3.18. The van der Waals surface area contributed by atoms with Crippen molar-refractivity contribution < 1.29 is 27.9 Å². The largest absolute Gasteiger partial charge is 0.480 e. The first-order valence-electron chi connectivity index (χ1n) is 11.5. The topological polar surface area (TPSA) is 131 Å². The second-order valence-corrected chi connectivity index (χ2v) is 10.7. The molecule has 10 nitrogen and oxygen atoms in total. The molecule has 2 heterocycles. The number of fused-ring (bicyclic) bond motifs is 1. The number of aliphatic carboxylic acids is 1. The highest BCUT2D eigenvalue weighted by Gasteiger charge is 2.38. The van der Waals surface area contributed by atoms with Gasteiger partial charge in [0.05, 0.1) is 29.4 Å². The van der Waals surface area contributed by atoms with Crippen LogP contribution >= 0.6 is 0 Å². The third kappa shape index (κ3) is 6.09. The Morgan fingerprint density at radius 1 is 1.26 bits per heavy atom. The number of nitrogens with one attached hydrogen (secondary N) is 1. The Labute approximate surface area is 205 Å². The van der Waals surface area contributed by atoms with Crippen LogP contribution in [0.4, 0.5) is 0 Å². The summed E-state index contributed by atoms with van der Waals surface area (Å²) in [5.41, 5.74) is 2.80. The molecule has 190 valence electrons. The van der Waals surface area contributed by atoms with Crippen molar-refractivity contribution in [1.82, 2.24) is 19.2 Å². The summed E-state index contributed by atoms with van der Waals surface area (Å²) in [5, 5.41) is 12.9. The number of sulfonamides is 1. The Morgan fingerprint density at radius 2 is 1.94 bits per heavy atom. The fourth-order valence-corrected chi connectivity index (χ4v) is 5.56. The van der Waals surface area contributed by atoms with Gasteiger partial charge in [-0.05, 0) is 56.2 Å². The second kappa shape index (κ2) is 11.0. The number of rotatable bonds is 11. The fourth-order valence-electron chi connectivity index (χ4n) is 4.02. The van der Waals surface area contributed by atoms with Crippen molar-refractivity contribution in [3.63, 3.8) is 0 Å². The zero-order valence-electron chi connectivity index (χ0n) is 20.4. The maximum absolute atomic E-state index is 13.5. The van der Waals surface area contributed by atoms with Gasteiger partial charge in [0.1, 0.15) is 18.4 Å². The molecule has 0 saturated carbocycles. The highest BCUT2D eigenvalue weighted by atomic mass is 32.2. The maximum Gasteiger partial charge on any atom is 0.322 e. The number of carbonyl (C=O) groups is 2. The summed E-state index contributed by atoms with van der Waals surface area (Å²) in [5.74, 6) is -1.37. The monoisotopic (exact) mass is 504 g/mol. The number of esters is 1. The lowest BCUT2D eigenvalue weighted by Gasteiger charge is -2.28. The predicted molar refractivity (Wildman–Crippen MR) is 130 cm³/mol. The number of aryl methyl sites for hydroxylation is 1.